The molecule has 0 spiro atoms. The Labute approximate surface area is 239 Å². The first-order valence-electron chi connectivity index (χ1n) is 13.4. The number of nitrogens with zero attached hydrogens (tertiary/aromatic N) is 3. The van der Waals surface area contributed by atoms with Gasteiger partial charge in [0.1, 0.15) is 23.3 Å². The number of para-hydroxylation sites is 1. The van der Waals surface area contributed by atoms with Crippen molar-refractivity contribution in [2.75, 3.05) is 18.5 Å². The zero-order valence-electron chi connectivity index (χ0n) is 23.5. The standard InChI is InChI=1S/C27H37N6O7P/c1-6-27(14-19(13-21(27)34)33-16-29-22-23(33)30-26(28)31-24(22)37-7-2)15-38-41(36,40-20-11-9-8-10-12-20)32-18(5)25(35)39-17(3)4/h1,8-12,16-19,21,24,34H,7,13-15H2,2-5H3,(H,32,36)(H3,28,30,31)/t18-,19+,21+,24?,27-,41-/m0/s1. The Hall–Kier alpha value is -3.40. The molecule has 1 aromatic carbocycles. The molecule has 13 nitrogen and oxygen atoms in total. The monoisotopic (exact) mass is 588 g/mol. The Balaban J connectivity index is 1.54. The number of hydrogen-bond acceptors (Lipinski definition) is 11. The van der Waals surface area contributed by atoms with Crippen LogP contribution in [0.4, 0.5) is 5.82 Å². The minimum absolute atomic E-state index is 0.179. The Morgan fingerprint density at radius 2 is 2.10 bits per heavy atom. The van der Waals surface area contributed by atoms with Crippen molar-refractivity contribution in [2.45, 2.75) is 71.1 Å². The SMILES string of the molecule is C#C[C@@]1(CO[P@@](=O)(N[C@@H](C)C(=O)OC(C)C)Oc2ccccc2)C[C@H](n2cnc3c2NC(N)=NC3OCC)C[C@H]1O. The summed E-state index contributed by atoms with van der Waals surface area (Å²) in [6.07, 6.45) is 6.09. The van der Waals surface area contributed by atoms with Crippen LogP contribution < -0.4 is 20.7 Å². The van der Waals surface area contributed by atoms with Crippen molar-refractivity contribution in [2.24, 2.45) is 16.1 Å². The van der Waals surface area contributed by atoms with E-state index in [0.29, 0.717) is 18.1 Å². The third kappa shape index (κ3) is 6.92. The molecule has 0 radical (unpaired) electrons. The molecule has 2 aromatic rings. The van der Waals surface area contributed by atoms with Crippen LogP contribution in [0.3, 0.4) is 0 Å². The summed E-state index contributed by atoms with van der Waals surface area (Å²) in [5.41, 5.74) is 5.32. The quantitative estimate of drug-likeness (QED) is 0.163. The number of terminal acetylenes is 1. The fraction of sp³-hybridized carbons (Fsp3) is 0.519. The average molecular weight is 589 g/mol. The van der Waals surface area contributed by atoms with Gasteiger partial charge in [-0.25, -0.2) is 14.5 Å². The summed E-state index contributed by atoms with van der Waals surface area (Å²) in [5, 5.41) is 16.9. The Morgan fingerprint density at radius 1 is 1.37 bits per heavy atom. The van der Waals surface area contributed by atoms with Gasteiger partial charge in [0.25, 0.3) is 0 Å². The molecule has 0 saturated heterocycles. The van der Waals surface area contributed by atoms with E-state index in [1.54, 1.807) is 50.5 Å². The molecule has 222 valence electrons. The Morgan fingerprint density at radius 3 is 2.76 bits per heavy atom. The topological polar surface area (TPSA) is 172 Å². The normalized spacial score (nSPS) is 25.8. The number of fused-ring (bicyclic) bond motifs is 1. The number of imidazole rings is 1. The molecule has 2 heterocycles. The highest BCUT2D eigenvalue weighted by atomic mass is 31.2. The molecule has 1 saturated carbocycles. The zero-order valence-corrected chi connectivity index (χ0v) is 24.4. The average Bonchev–Trinajstić information content (AvgIpc) is 3.49. The van der Waals surface area contributed by atoms with Crippen molar-refractivity contribution < 1.29 is 33.0 Å². The molecule has 0 bridgehead atoms. The molecule has 2 aliphatic rings. The second kappa shape index (κ2) is 12.6. The van der Waals surface area contributed by atoms with Gasteiger partial charge in [0.2, 0.25) is 0 Å². The van der Waals surface area contributed by atoms with Crippen LogP contribution in [0.25, 0.3) is 0 Å². The fourth-order valence-electron chi connectivity index (χ4n) is 4.80. The summed E-state index contributed by atoms with van der Waals surface area (Å²) in [5.74, 6) is 3.08. The van der Waals surface area contributed by atoms with E-state index >= 15 is 0 Å². The number of guanidine groups is 1. The van der Waals surface area contributed by atoms with E-state index in [-0.39, 0.29) is 43.3 Å². The number of carbonyl (C=O) groups is 1. The number of anilines is 1. The summed E-state index contributed by atoms with van der Waals surface area (Å²) in [7, 11) is -4.19. The van der Waals surface area contributed by atoms with Crippen LogP contribution in [0.5, 0.6) is 5.75 Å². The maximum absolute atomic E-state index is 14.0. The van der Waals surface area contributed by atoms with Crippen LogP contribution in [0.1, 0.15) is 58.5 Å². The minimum Gasteiger partial charge on any atom is -0.462 e. The smallest absolute Gasteiger partial charge is 0.459 e. The van der Waals surface area contributed by atoms with E-state index in [2.05, 4.69) is 26.3 Å². The molecule has 1 aliphatic heterocycles. The van der Waals surface area contributed by atoms with Gasteiger partial charge in [0.05, 0.1) is 30.6 Å². The number of aliphatic imine (C=N–C) groups is 1. The van der Waals surface area contributed by atoms with Crippen molar-refractivity contribution in [1.29, 1.82) is 0 Å². The molecule has 14 heteroatoms. The number of aliphatic hydroxyl groups excluding tert-OH is 1. The first-order valence-corrected chi connectivity index (χ1v) is 15.0. The summed E-state index contributed by atoms with van der Waals surface area (Å²) in [6, 6.07) is 7.07. The number of hydrogen-bond donors (Lipinski definition) is 4. The van der Waals surface area contributed by atoms with E-state index < -0.39 is 37.5 Å². The highest BCUT2D eigenvalue weighted by Gasteiger charge is 2.49. The van der Waals surface area contributed by atoms with Crippen molar-refractivity contribution in [1.82, 2.24) is 14.6 Å². The van der Waals surface area contributed by atoms with Crippen molar-refractivity contribution >= 4 is 25.5 Å². The molecule has 4 rings (SSSR count). The predicted octanol–water partition coefficient (Wildman–Crippen LogP) is 3.11. The molecule has 41 heavy (non-hydrogen) atoms. The fourth-order valence-corrected chi connectivity index (χ4v) is 6.36. The zero-order chi connectivity index (χ0) is 29.8. The lowest BCUT2D eigenvalue weighted by Crippen LogP contribution is -2.38. The molecule has 0 amide bonds. The molecule has 1 aromatic heterocycles. The van der Waals surface area contributed by atoms with Crippen LogP contribution in [-0.2, 0) is 23.4 Å². The number of rotatable bonds is 12. The van der Waals surface area contributed by atoms with Crippen LogP contribution in [0.15, 0.2) is 41.7 Å². The van der Waals surface area contributed by atoms with Crippen LogP contribution >= 0.6 is 7.75 Å². The van der Waals surface area contributed by atoms with Crippen LogP contribution in [-0.4, -0.2) is 58.1 Å². The summed E-state index contributed by atoms with van der Waals surface area (Å²) in [6.45, 7) is 6.86. The Kier molecular flexibility index (Phi) is 9.41. The van der Waals surface area contributed by atoms with Crippen molar-refractivity contribution in [3.05, 3.63) is 42.4 Å². The third-order valence-corrected chi connectivity index (χ3v) is 8.44. The van der Waals surface area contributed by atoms with Crippen molar-refractivity contribution in [3.63, 3.8) is 0 Å². The number of esters is 1. The van der Waals surface area contributed by atoms with Gasteiger partial charge < -0.3 is 34.7 Å². The van der Waals surface area contributed by atoms with Gasteiger partial charge in [0, 0.05) is 12.6 Å². The van der Waals surface area contributed by atoms with Crippen molar-refractivity contribution in [3.8, 4) is 18.1 Å². The highest BCUT2D eigenvalue weighted by molar-refractivity contribution is 7.52. The number of nitrogens with two attached hydrogens (primary N) is 1. The molecule has 1 aliphatic carbocycles. The largest absolute Gasteiger partial charge is 0.462 e. The predicted molar refractivity (Wildman–Crippen MR) is 152 cm³/mol. The minimum atomic E-state index is -4.19. The maximum atomic E-state index is 14.0. The number of benzene rings is 1. The number of carbonyl (C=O) groups excluding carboxylic acids is 1. The van der Waals surface area contributed by atoms with Gasteiger partial charge in [-0.2, -0.15) is 5.09 Å². The maximum Gasteiger partial charge on any atom is 0.459 e. The second-order valence-corrected chi connectivity index (χ2v) is 11.9. The van der Waals surface area contributed by atoms with E-state index in [4.69, 9.17) is 30.7 Å². The molecular weight excluding hydrogens is 551 g/mol. The van der Waals surface area contributed by atoms with E-state index in [1.165, 1.54) is 6.92 Å². The molecule has 1 unspecified atom stereocenters. The van der Waals surface area contributed by atoms with E-state index in [9.17, 15) is 14.5 Å². The van der Waals surface area contributed by atoms with E-state index in [0.717, 1.165) is 0 Å². The molecule has 5 N–H and O–H groups in total. The van der Waals surface area contributed by atoms with Gasteiger partial charge in [-0.3, -0.25) is 9.32 Å². The van der Waals surface area contributed by atoms with Gasteiger partial charge in [-0.1, -0.05) is 24.1 Å². The van der Waals surface area contributed by atoms with Crippen LogP contribution in [0.2, 0.25) is 0 Å². The van der Waals surface area contributed by atoms with Gasteiger partial charge >= 0.3 is 13.7 Å². The van der Waals surface area contributed by atoms with Gasteiger partial charge in [-0.15, -0.1) is 6.42 Å². The van der Waals surface area contributed by atoms with Gasteiger partial charge in [0.15, 0.2) is 12.2 Å². The van der Waals surface area contributed by atoms with E-state index in [1.807, 2.05) is 11.5 Å². The first kappa shape index (κ1) is 30.6. The van der Waals surface area contributed by atoms with Crippen LogP contribution in [0, 0.1) is 17.8 Å². The summed E-state index contributed by atoms with van der Waals surface area (Å²) in [4.78, 5) is 21.2. The number of nitrogens with one attached hydrogen (secondary N) is 2. The number of aromatic nitrogens is 2. The second-order valence-electron chi connectivity index (χ2n) is 10.3. The molecular formula is C27H37N6O7P. The first-order chi connectivity index (χ1) is 19.5. The lowest BCUT2D eigenvalue weighted by Gasteiger charge is -2.30. The Bertz CT molecular complexity index is 1340. The molecule has 1 fully saturated rings. The highest BCUT2D eigenvalue weighted by Crippen LogP contribution is 2.51. The molecule has 6 atom stereocenters. The van der Waals surface area contributed by atoms with Gasteiger partial charge in [-0.05, 0) is 52.7 Å². The third-order valence-electron chi connectivity index (χ3n) is 6.82. The lowest BCUT2D eigenvalue weighted by molar-refractivity contribution is -0.149. The lowest BCUT2D eigenvalue weighted by atomic mass is 9.86. The number of aliphatic hydroxyl groups is 1. The number of ether oxygens (including phenoxy) is 2. The summed E-state index contributed by atoms with van der Waals surface area (Å²) < 4.78 is 38.3. The summed E-state index contributed by atoms with van der Waals surface area (Å²) >= 11 is 0.